The third kappa shape index (κ3) is 2.08. The van der Waals surface area contributed by atoms with Crippen LogP contribution in [0.2, 0.25) is 0 Å². The van der Waals surface area contributed by atoms with Crippen LogP contribution in [0, 0.1) is 0 Å². The van der Waals surface area contributed by atoms with E-state index < -0.39 is 0 Å². The van der Waals surface area contributed by atoms with Gasteiger partial charge in [0.05, 0.1) is 0 Å². The molecule has 0 atom stereocenters. The molecule has 0 aromatic heterocycles. The average Bonchev–Trinajstić information content (AvgIpc) is 2.82. The second-order valence-electron chi connectivity index (χ2n) is 4.24. The van der Waals surface area contributed by atoms with Gasteiger partial charge in [0.1, 0.15) is 0 Å². The highest BCUT2D eigenvalue weighted by Crippen LogP contribution is 2.28. The van der Waals surface area contributed by atoms with Gasteiger partial charge in [-0.25, -0.2) is 4.31 Å². The van der Waals surface area contributed by atoms with Gasteiger partial charge in [-0.2, -0.15) is 0 Å². The van der Waals surface area contributed by atoms with Crippen molar-refractivity contribution in [3.05, 3.63) is 42.5 Å². The molecule has 1 saturated heterocycles. The number of rotatable bonds is 2. The topological polar surface area (TPSA) is 3.24 Å². The molecule has 16 heavy (non-hydrogen) atoms. The first-order chi connectivity index (χ1) is 7.92. The van der Waals surface area contributed by atoms with E-state index in [-0.39, 0.29) is 0 Å². The molecule has 0 N–H and O–H groups in total. The van der Waals surface area contributed by atoms with Crippen molar-refractivity contribution in [2.75, 3.05) is 13.1 Å². The summed E-state index contributed by atoms with van der Waals surface area (Å²) >= 11 is 1.90. The van der Waals surface area contributed by atoms with Crippen LogP contribution < -0.4 is 0 Å². The maximum absolute atomic E-state index is 2.46. The molecule has 3 rings (SSSR count). The van der Waals surface area contributed by atoms with Crippen LogP contribution in [-0.4, -0.2) is 17.4 Å². The normalized spacial score (nSPS) is 17.0. The maximum Gasteiger partial charge on any atom is 0.0236 e. The largest absolute Gasteiger partial charge is 0.246 e. The summed E-state index contributed by atoms with van der Waals surface area (Å²) in [5.41, 5.74) is 0. The summed E-state index contributed by atoms with van der Waals surface area (Å²) in [4.78, 5) is 1.36. The van der Waals surface area contributed by atoms with Crippen molar-refractivity contribution in [3.8, 4) is 0 Å². The summed E-state index contributed by atoms with van der Waals surface area (Å²) in [6.45, 7) is 2.47. The minimum atomic E-state index is 1.23. The van der Waals surface area contributed by atoms with Crippen molar-refractivity contribution in [2.24, 2.45) is 0 Å². The molecule has 1 heterocycles. The lowest BCUT2D eigenvalue weighted by molar-refractivity contribution is 0.586. The molecule has 0 saturated carbocycles. The van der Waals surface area contributed by atoms with Gasteiger partial charge in [0, 0.05) is 18.0 Å². The Morgan fingerprint density at radius 3 is 2.44 bits per heavy atom. The summed E-state index contributed by atoms with van der Waals surface area (Å²) in [6.07, 6.45) is 2.70. The van der Waals surface area contributed by atoms with E-state index in [1.807, 2.05) is 11.9 Å². The number of benzene rings is 2. The van der Waals surface area contributed by atoms with Gasteiger partial charge in [-0.1, -0.05) is 30.3 Å². The molecular weight excluding hydrogens is 214 g/mol. The van der Waals surface area contributed by atoms with Gasteiger partial charge in [0.25, 0.3) is 0 Å². The Morgan fingerprint density at radius 2 is 1.62 bits per heavy atom. The fourth-order valence-corrected chi connectivity index (χ4v) is 3.20. The molecule has 0 bridgehead atoms. The van der Waals surface area contributed by atoms with E-state index in [9.17, 15) is 0 Å². The molecule has 1 aliphatic rings. The fraction of sp³-hybridized carbons (Fsp3) is 0.286. The van der Waals surface area contributed by atoms with Crippen molar-refractivity contribution in [2.45, 2.75) is 17.7 Å². The van der Waals surface area contributed by atoms with Gasteiger partial charge in [-0.3, -0.25) is 0 Å². The second kappa shape index (κ2) is 4.48. The van der Waals surface area contributed by atoms with Gasteiger partial charge < -0.3 is 0 Å². The third-order valence-corrected chi connectivity index (χ3v) is 4.11. The Morgan fingerprint density at radius 1 is 0.875 bits per heavy atom. The van der Waals surface area contributed by atoms with Crippen LogP contribution >= 0.6 is 11.9 Å². The molecule has 0 aliphatic carbocycles. The van der Waals surface area contributed by atoms with Crippen LogP contribution in [0.3, 0.4) is 0 Å². The van der Waals surface area contributed by atoms with Crippen molar-refractivity contribution in [1.29, 1.82) is 0 Å². The molecule has 2 aromatic rings. The van der Waals surface area contributed by atoms with E-state index in [1.54, 1.807) is 0 Å². The first-order valence-electron chi connectivity index (χ1n) is 5.83. The standard InChI is InChI=1S/C14H15NS/c1-2-6-13-11-14(8-7-12(13)5-1)16-15-9-3-4-10-15/h1-2,5-8,11H,3-4,9-10H2. The lowest BCUT2D eigenvalue weighted by atomic mass is 10.1. The highest BCUT2D eigenvalue weighted by molar-refractivity contribution is 7.97. The summed E-state index contributed by atoms with van der Waals surface area (Å²) in [5, 5.41) is 2.67. The van der Waals surface area contributed by atoms with E-state index in [1.165, 1.54) is 41.6 Å². The van der Waals surface area contributed by atoms with Crippen LogP contribution in [0.15, 0.2) is 47.4 Å². The second-order valence-corrected chi connectivity index (χ2v) is 5.41. The number of hydrogen-bond donors (Lipinski definition) is 0. The molecule has 0 spiro atoms. The molecule has 1 aliphatic heterocycles. The summed E-state index contributed by atoms with van der Waals surface area (Å²) in [7, 11) is 0. The Labute approximate surface area is 101 Å². The summed E-state index contributed by atoms with van der Waals surface area (Å²) in [5.74, 6) is 0. The van der Waals surface area contributed by atoms with Crippen molar-refractivity contribution in [3.63, 3.8) is 0 Å². The molecular formula is C14H15NS. The minimum absolute atomic E-state index is 1.23. The average molecular weight is 229 g/mol. The molecule has 1 fully saturated rings. The summed E-state index contributed by atoms with van der Waals surface area (Å²) in [6, 6.07) is 15.3. The first-order valence-corrected chi connectivity index (χ1v) is 6.61. The van der Waals surface area contributed by atoms with Gasteiger partial charge in [0.2, 0.25) is 0 Å². The molecule has 0 amide bonds. The van der Waals surface area contributed by atoms with E-state index >= 15 is 0 Å². The first kappa shape index (κ1) is 10.2. The highest BCUT2D eigenvalue weighted by Gasteiger charge is 2.12. The lowest BCUT2D eigenvalue weighted by Gasteiger charge is -2.13. The zero-order chi connectivity index (χ0) is 10.8. The van der Waals surface area contributed by atoms with E-state index in [4.69, 9.17) is 0 Å². The SMILES string of the molecule is c1ccc2cc(SN3CCCC3)ccc2c1. The minimum Gasteiger partial charge on any atom is -0.246 e. The Bertz CT molecular complexity index is 489. The van der Waals surface area contributed by atoms with Crippen LogP contribution in [0.5, 0.6) is 0 Å². The predicted molar refractivity (Wildman–Crippen MR) is 70.6 cm³/mol. The summed E-state index contributed by atoms with van der Waals surface area (Å²) < 4.78 is 2.46. The molecule has 0 unspecified atom stereocenters. The fourth-order valence-electron chi connectivity index (χ4n) is 2.15. The highest BCUT2D eigenvalue weighted by atomic mass is 32.2. The van der Waals surface area contributed by atoms with Gasteiger partial charge in [-0.15, -0.1) is 0 Å². The zero-order valence-corrected chi connectivity index (χ0v) is 10.0. The van der Waals surface area contributed by atoms with Gasteiger partial charge in [-0.05, 0) is 47.7 Å². The van der Waals surface area contributed by atoms with Crippen LogP contribution in [0.25, 0.3) is 10.8 Å². The molecule has 0 radical (unpaired) electrons. The number of hydrogen-bond acceptors (Lipinski definition) is 2. The molecule has 2 heteroatoms. The van der Waals surface area contributed by atoms with Gasteiger partial charge >= 0.3 is 0 Å². The Balaban J connectivity index is 1.86. The van der Waals surface area contributed by atoms with Crippen molar-refractivity contribution >= 4 is 22.7 Å². The smallest absolute Gasteiger partial charge is 0.0236 e. The molecule has 2 aromatic carbocycles. The van der Waals surface area contributed by atoms with E-state index in [0.717, 1.165) is 0 Å². The van der Waals surface area contributed by atoms with Crippen LogP contribution in [0.4, 0.5) is 0 Å². The molecule has 1 nitrogen and oxygen atoms in total. The predicted octanol–water partition coefficient (Wildman–Crippen LogP) is 3.94. The quantitative estimate of drug-likeness (QED) is 0.717. The lowest BCUT2D eigenvalue weighted by Crippen LogP contribution is -2.08. The van der Waals surface area contributed by atoms with Crippen LogP contribution in [0.1, 0.15) is 12.8 Å². The maximum atomic E-state index is 2.46. The molecule has 82 valence electrons. The van der Waals surface area contributed by atoms with E-state index in [2.05, 4.69) is 46.8 Å². The van der Waals surface area contributed by atoms with Gasteiger partial charge in [0.15, 0.2) is 0 Å². The van der Waals surface area contributed by atoms with Crippen LogP contribution in [-0.2, 0) is 0 Å². The number of nitrogens with zero attached hydrogens (tertiary/aromatic N) is 1. The Hall–Kier alpha value is -0.990. The monoisotopic (exact) mass is 229 g/mol. The van der Waals surface area contributed by atoms with E-state index in [0.29, 0.717) is 0 Å². The third-order valence-electron chi connectivity index (χ3n) is 3.02. The van der Waals surface area contributed by atoms with Crippen molar-refractivity contribution in [1.82, 2.24) is 4.31 Å². The number of fused-ring (bicyclic) bond motifs is 1. The van der Waals surface area contributed by atoms with Crippen molar-refractivity contribution < 1.29 is 0 Å². The zero-order valence-electron chi connectivity index (χ0n) is 9.23. The Kier molecular flexibility index (Phi) is 2.85.